The first-order chi connectivity index (χ1) is 12.2. The largest absolute Gasteiger partial charge is 0.486 e. The molecule has 3 rings (SSSR count). The standard InChI is InChI=1S/C17H14N4O4/c22-16(14-10-18-8-9-19-14)20-21-17(23)15-7-6-13(25-15)11-24-12-4-2-1-3-5-12/h1-10H,11H2,(H,20,22)(H,21,23). The fraction of sp³-hybridized carbons (Fsp3) is 0.0588. The van der Waals surface area contributed by atoms with Crippen molar-refractivity contribution in [2.75, 3.05) is 0 Å². The lowest BCUT2D eigenvalue weighted by molar-refractivity contribution is 0.0826. The molecule has 0 fully saturated rings. The van der Waals surface area contributed by atoms with Gasteiger partial charge in [-0.1, -0.05) is 18.2 Å². The van der Waals surface area contributed by atoms with Crippen molar-refractivity contribution in [1.29, 1.82) is 0 Å². The second kappa shape index (κ2) is 7.73. The molecule has 2 aromatic heterocycles. The summed E-state index contributed by atoms with van der Waals surface area (Å²) >= 11 is 0. The van der Waals surface area contributed by atoms with Crippen LogP contribution in [0.3, 0.4) is 0 Å². The number of nitrogens with zero attached hydrogens (tertiary/aromatic N) is 2. The number of para-hydroxylation sites is 1. The van der Waals surface area contributed by atoms with Gasteiger partial charge in [0.25, 0.3) is 5.91 Å². The lowest BCUT2D eigenvalue weighted by atomic mass is 10.3. The van der Waals surface area contributed by atoms with Crippen molar-refractivity contribution in [1.82, 2.24) is 20.8 Å². The molecule has 2 heterocycles. The van der Waals surface area contributed by atoms with E-state index in [-0.39, 0.29) is 18.1 Å². The van der Waals surface area contributed by atoms with Crippen LogP contribution in [0.5, 0.6) is 5.75 Å². The summed E-state index contributed by atoms with van der Waals surface area (Å²) in [6, 6.07) is 12.4. The van der Waals surface area contributed by atoms with E-state index in [9.17, 15) is 9.59 Å². The highest BCUT2D eigenvalue weighted by atomic mass is 16.5. The van der Waals surface area contributed by atoms with E-state index in [1.54, 1.807) is 6.07 Å². The Morgan fingerprint density at radius 3 is 2.56 bits per heavy atom. The van der Waals surface area contributed by atoms with Gasteiger partial charge in [0.1, 0.15) is 23.8 Å². The molecule has 1 aromatic carbocycles. The highest BCUT2D eigenvalue weighted by Crippen LogP contribution is 2.13. The predicted molar refractivity (Wildman–Crippen MR) is 86.4 cm³/mol. The maximum absolute atomic E-state index is 12.0. The molecule has 0 aliphatic carbocycles. The summed E-state index contributed by atoms with van der Waals surface area (Å²) in [6.45, 7) is 0.184. The van der Waals surface area contributed by atoms with Crippen LogP contribution in [-0.2, 0) is 6.61 Å². The van der Waals surface area contributed by atoms with Crippen LogP contribution in [0.25, 0.3) is 0 Å². The number of ether oxygens (including phenoxy) is 1. The Morgan fingerprint density at radius 2 is 1.80 bits per heavy atom. The molecule has 0 spiro atoms. The van der Waals surface area contributed by atoms with Crippen LogP contribution < -0.4 is 15.6 Å². The van der Waals surface area contributed by atoms with E-state index < -0.39 is 11.8 Å². The van der Waals surface area contributed by atoms with Gasteiger partial charge in [-0.05, 0) is 24.3 Å². The quantitative estimate of drug-likeness (QED) is 0.686. The number of nitrogens with one attached hydrogen (secondary N) is 2. The van der Waals surface area contributed by atoms with Gasteiger partial charge in [0, 0.05) is 12.4 Å². The summed E-state index contributed by atoms with van der Waals surface area (Å²) in [6.07, 6.45) is 4.10. The minimum absolute atomic E-state index is 0.0473. The number of aromatic nitrogens is 2. The topological polar surface area (TPSA) is 106 Å². The molecule has 2 N–H and O–H groups in total. The maximum atomic E-state index is 12.0. The van der Waals surface area contributed by atoms with Gasteiger partial charge in [-0.25, -0.2) is 4.98 Å². The number of hydrogen-bond acceptors (Lipinski definition) is 6. The monoisotopic (exact) mass is 338 g/mol. The minimum atomic E-state index is -0.594. The summed E-state index contributed by atoms with van der Waals surface area (Å²) < 4.78 is 10.9. The third-order valence-corrected chi connectivity index (χ3v) is 3.10. The molecule has 0 atom stereocenters. The molecule has 0 saturated heterocycles. The maximum Gasteiger partial charge on any atom is 0.305 e. The van der Waals surface area contributed by atoms with Gasteiger partial charge in [0.15, 0.2) is 5.76 Å². The average Bonchev–Trinajstić information content (AvgIpc) is 3.15. The zero-order valence-electron chi connectivity index (χ0n) is 13.0. The molecule has 0 unspecified atom stereocenters. The molecule has 0 aliphatic rings. The highest BCUT2D eigenvalue weighted by molar-refractivity contribution is 5.96. The number of carbonyl (C=O) groups excluding carboxylic acids is 2. The average molecular weight is 338 g/mol. The van der Waals surface area contributed by atoms with Crippen molar-refractivity contribution in [3.05, 3.63) is 78.3 Å². The van der Waals surface area contributed by atoms with Crippen molar-refractivity contribution in [2.24, 2.45) is 0 Å². The molecular formula is C17H14N4O4. The van der Waals surface area contributed by atoms with E-state index in [1.807, 2.05) is 30.3 Å². The normalized spacial score (nSPS) is 10.1. The van der Waals surface area contributed by atoms with E-state index in [4.69, 9.17) is 9.15 Å². The molecule has 0 bridgehead atoms. The Balaban J connectivity index is 1.51. The summed E-state index contributed by atoms with van der Waals surface area (Å²) in [5.74, 6) is 0.0466. The molecule has 0 saturated carbocycles. The van der Waals surface area contributed by atoms with Crippen LogP contribution in [0.1, 0.15) is 26.8 Å². The van der Waals surface area contributed by atoms with Crippen molar-refractivity contribution in [3.8, 4) is 5.75 Å². The minimum Gasteiger partial charge on any atom is -0.486 e. The summed E-state index contributed by atoms with van der Waals surface area (Å²) in [5.41, 5.74) is 4.56. The van der Waals surface area contributed by atoms with E-state index in [2.05, 4.69) is 20.8 Å². The Bertz CT molecular complexity index is 849. The van der Waals surface area contributed by atoms with Gasteiger partial charge in [0.05, 0.1) is 6.20 Å². The van der Waals surface area contributed by atoms with Crippen LogP contribution >= 0.6 is 0 Å². The number of hydrazine groups is 1. The van der Waals surface area contributed by atoms with Crippen LogP contribution in [0.2, 0.25) is 0 Å². The zero-order chi connectivity index (χ0) is 17.5. The third kappa shape index (κ3) is 4.41. The lowest BCUT2D eigenvalue weighted by Crippen LogP contribution is -2.41. The molecular weight excluding hydrogens is 324 g/mol. The fourth-order valence-corrected chi connectivity index (χ4v) is 1.90. The number of rotatable bonds is 5. The van der Waals surface area contributed by atoms with Gasteiger partial charge in [-0.2, -0.15) is 0 Å². The van der Waals surface area contributed by atoms with Gasteiger partial charge in [-0.3, -0.25) is 25.4 Å². The molecule has 0 radical (unpaired) electrons. The smallest absolute Gasteiger partial charge is 0.305 e. The second-order valence-electron chi connectivity index (χ2n) is 4.87. The number of hydrogen-bond donors (Lipinski definition) is 2. The van der Waals surface area contributed by atoms with Gasteiger partial charge < -0.3 is 9.15 Å². The van der Waals surface area contributed by atoms with Crippen LogP contribution in [0, 0.1) is 0 Å². The summed E-state index contributed by atoms with van der Waals surface area (Å²) in [5, 5.41) is 0. The van der Waals surface area contributed by atoms with Crippen LogP contribution in [0.4, 0.5) is 0 Å². The first-order valence-corrected chi connectivity index (χ1v) is 7.35. The van der Waals surface area contributed by atoms with Crippen LogP contribution in [0.15, 0.2) is 65.5 Å². The Labute approximate surface area is 142 Å². The molecule has 126 valence electrons. The summed E-state index contributed by atoms with van der Waals surface area (Å²) in [7, 11) is 0. The molecule has 3 aromatic rings. The predicted octanol–water partition coefficient (Wildman–Crippen LogP) is 1.72. The van der Waals surface area contributed by atoms with Crippen LogP contribution in [-0.4, -0.2) is 21.8 Å². The van der Waals surface area contributed by atoms with E-state index in [1.165, 1.54) is 24.7 Å². The van der Waals surface area contributed by atoms with Crippen molar-refractivity contribution in [3.63, 3.8) is 0 Å². The highest BCUT2D eigenvalue weighted by Gasteiger charge is 2.13. The number of furan rings is 1. The Morgan fingerprint density at radius 1 is 1.00 bits per heavy atom. The summed E-state index contributed by atoms with van der Waals surface area (Å²) in [4.78, 5) is 31.3. The molecule has 2 amide bonds. The number of amides is 2. The zero-order valence-corrected chi connectivity index (χ0v) is 13.0. The van der Waals surface area contributed by atoms with Crippen molar-refractivity contribution < 1.29 is 18.7 Å². The SMILES string of the molecule is O=C(NNC(=O)c1ccc(COc2ccccc2)o1)c1cnccn1. The number of benzene rings is 1. The van der Waals surface area contributed by atoms with E-state index in [0.29, 0.717) is 11.5 Å². The van der Waals surface area contributed by atoms with E-state index >= 15 is 0 Å². The molecule has 8 nitrogen and oxygen atoms in total. The van der Waals surface area contributed by atoms with Gasteiger partial charge in [-0.15, -0.1) is 0 Å². The lowest BCUT2D eigenvalue weighted by Gasteiger charge is -2.05. The van der Waals surface area contributed by atoms with Gasteiger partial charge in [0.2, 0.25) is 0 Å². The number of carbonyl (C=O) groups is 2. The van der Waals surface area contributed by atoms with E-state index in [0.717, 1.165) is 0 Å². The van der Waals surface area contributed by atoms with Crippen molar-refractivity contribution in [2.45, 2.75) is 6.61 Å². The molecule has 0 aliphatic heterocycles. The van der Waals surface area contributed by atoms with Crippen molar-refractivity contribution >= 4 is 11.8 Å². The first-order valence-electron chi connectivity index (χ1n) is 7.35. The Kier molecular flexibility index (Phi) is 5.01. The van der Waals surface area contributed by atoms with Gasteiger partial charge >= 0.3 is 5.91 Å². The third-order valence-electron chi connectivity index (χ3n) is 3.10. The fourth-order valence-electron chi connectivity index (χ4n) is 1.90. The Hall–Kier alpha value is -3.68. The second-order valence-corrected chi connectivity index (χ2v) is 4.87. The molecule has 25 heavy (non-hydrogen) atoms. The first kappa shape index (κ1) is 16.2. The molecule has 8 heteroatoms.